The van der Waals surface area contributed by atoms with E-state index in [0.29, 0.717) is 6.04 Å². The van der Waals surface area contributed by atoms with Crippen LogP contribution in [0.3, 0.4) is 0 Å². The average molecular weight is 291 g/mol. The molecule has 1 fully saturated rings. The Balaban J connectivity index is 1.81. The molecule has 1 N–H and O–H groups in total. The van der Waals surface area contributed by atoms with Crippen molar-refractivity contribution in [1.29, 1.82) is 0 Å². The summed E-state index contributed by atoms with van der Waals surface area (Å²) >= 11 is 1.70. The zero-order chi connectivity index (χ0) is 14.4. The molecule has 1 aliphatic heterocycles. The Kier molecular flexibility index (Phi) is 5.47. The minimum Gasteiger partial charge on any atom is -0.361 e. The fourth-order valence-electron chi connectivity index (χ4n) is 1.97. The molecule has 0 saturated carbocycles. The highest BCUT2D eigenvalue weighted by atomic mass is 32.2. The number of nitrogens with zero attached hydrogens (tertiary/aromatic N) is 2. The Bertz CT molecular complexity index is 475. The first-order valence-electron chi connectivity index (χ1n) is 6.90. The molecule has 1 atom stereocenters. The second kappa shape index (κ2) is 7.33. The summed E-state index contributed by atoms with van der Waals surface area (Å²) in [5, 5.41) is 4.29. The van der Waals surface area contributed by atoms with E-state index in [1.54, 1.807) is 23.7 Å². The van der Waals surface area contributed by atoms with E-state index in [-0.39, 0.29) is 12.5 Å². The third-order valence-corrected chi connectivity index (χ3v) is 4.42. The molecule has 0 aliphatic carbocycles. The van der Waals surface area contributed by atoms with Crippen molar-refractivity contribution in [3.8, 4) is 0 Å². The number of aliphatic imine (C=N–C) groups is 1. The van der Waals surface area contributed by atoms with Crippen molar-refractivity contribution in [3.63, 3.8) is 0 Å². The van der Waals surface area contributed by atoms with Crippen LogP contribution in [-0.4, -0.2) is 47.9 Å². The standard InChI is InChI=1S/C15H21N3OS/c1-3-18(2)14(19)10-16-15-17-13(11-20-15)9-12-7-5-4-6-8-12/h4-8,13H,3,9-11H2,1-2H3,(H,16,17). The molecule has 5 heteroatoms. The van der Waals surface area contributed by atoms with Gasteiger partial charge in [-0.25, -0.2) is 0 Å². The van der Waals surface area contributed by atoms with Crippen LogP contribution in [0, 0.1) is 0 Å². The fraction of sp³-hybridized carbons (Fsp3) is 0.467. The summed E-state index contributed by atoms with van der Waals surface area (Å²) in [6.45, 7) is 2.92. The van der Waals surface area contributed by atoms with Gasteiger partial charge in [0.15, 0.2) is 5.17 Å². The third kappa shape index (κ3) is 4.27. The highest BCUT2D eigenvalue weighted by Crippen LogP contribution is 2.17. The lowest BCUT2D eigenvalue weighted by Gasteiger charge is -2.13. The first-order chi connectivity index (χ1) is 9.69. The number of carbonyl (C=O) groups is 1. The van der Waals surface area contributed by atoms with Crippen LogP contribution in [0.25, 0.3) is 0 Å². The molecule has 20 heavy (non-hydrogen) atoms. The molecule has 1 aliphatic rings. The summed E-state index contributed by atoms with van der Waals surface area (Å²) in [6, 6.07) is 10.8. The maximum Gasteiger partial charge on any atom is 0.244 e. The molecule has 2 rings (SSSR count). The van der Waals surface area contributed by atoms with E-state index in [2.05, 4.69) is 34.6 Å². The van der Waals surface area contributed by atoms with Crippen molar-refractivity contribution in [3.05, 3.63) is 35.9 Å². The first kappa shape index (κ1) is 14.9. The SMILES string of the molecule is CCN(C)C(=O)CN=C1NC(Cc2ccccc2)CS1. The topological polar surface area (TPSA) is 44.7 Å². The number of amides is 1. The Labute approximate surface area is 124 Å². The molecule has 1 unspecified atom stereocenters. The van der Waals surface area contributed by atoms with Gasteiger partial charge < -0.3 is 10.2 Å². The molecule has 0 aromatic heterocycles. The molecule has 1 amide bonds. The summed E-state index contributed by atoms with van der Waals surface area (Å²) in [6.07, 6.45) is 0.996. The number of nitrogens with one attached hydrogen (secondary N) is 1. The van der Waals surface area contributed by atoms with E-state index < -0.39 is 0 Å². The monoisotopic (exact) mass is 291 g/mol. The van der Waals surface area contributed by atoms with Crippen molar-refractivity contribution in [2.75, 3.05) is 25.9 Å². The smallest absolute Gasteiger partial charge is 0.244 e. The number of carbonyl (C=O) groups excluding carboxylic acids is 1. The molecule has 1 aromatic rings. The Morgan fingerprint density at radius 1 is 1.45 bits per heavy atom. The van der Waals surface area contributed by atoms with Crippen molar-refractivity contribution in [1.82, 2.24) is 10.2 Å². The lowest BCUT2D eigenvalue weighted by atomic mass is 10.1. The maximum absolute atomic E-state index is 11.7. The summed E-state index contributed by atoms with van der Waals surface area (Å²) in [5.41, 5.74) is 1.33. The second-order valence-corrected chi connectivity index (χ2v) is 5.88. The largest absolute Gasteiger partial charge is 0.361 e. The number of likely N-dealkylation sites (N-methyl/N-ethyl adjacent to an activating group) is 1. The van der Waals surface area contributed by atoms with Crippen LogP contribution in [0.2, 0.25) is 0 Å². The highest BCUT2D eigenvalue weighted by Gasteiger charge is 2.20. The summed E-state index contributed by atoms with van der Waals surface area (Å²) < 4.78 is 0. The predicted molar refractivity (Wildman–Crippen MR) is 85.1 cm³/mol. The van der Waals surface area contributed by atoms with Crippen LogP contribution in [0.1, 0.15) is 12.5 Å². The van der Waals surface area contributed by atoms with Crippen LogP contribution >= 0.6 is 11.8 Å². The molecule has 0 radical (unpaired) electrons. The van der Waals surface area contributed by atoms with Gasteiger partial charge in [-0.2, -0.15) is 0 Å². The van der Waals surface area contributed by atoms with E-state index >= 15 is 0 Å². The van der Waals surface area contributed by atoms with Gasteiger partial charge in [-0.1, -0.05) is 42.1 Å². The highest BCUT2D eigenvalue weighted by molar-refractivity contribution is 8.14. The first-order valence-corrected chi connectivity index (χ1v) is 7.89. The quantitative estimate of drug-likeness (QED) is 0.899. The Morgan fingerprint density at radius 3 is 2.90 bits per heavy atom. The van der Waals surface area contributed by atoms with Crippen LogP contribution in [0.4, 0.5) is 0 Å². The van der Waals surface area contributed by atoms with Crippen LogP contribution in [-0.2, 0) is 11.2 Å². The molecule has 0 bridgehead atoms. The van der Waals surface area contributed by atoms with Crippen LogP contribution in [0.5, 0.6) is 0 Å². The molecule has 1 heterocycles. The second-order valence-electron chi connectivity index (χ2n) is 4.87. The number of amidine groups is 1. The maximum atomic E-state index is 11.7. The third-order valence-electron chi connectivity index (χ3n) is 3.33. The molecular formula is C15H21N3OS. The minimum absolute atomic E-state index is 0.0638. The van der Waals surface area contributed by atoms with Gasteiger partial charge in [-0.15, -0.1) is 0 Å². The number of hydrogen-bond acceptors (Lipinski definition) is 3. The summed E-state index contributed by atoms with van der Waals surface area (Å²) in [4.78, 5) is 17.7. The van der Waals surface area contributed by atoms with Gasteiger partial charge in [0, 0.05) is 25.4 Å². The van der Waals surface area contributed by atoms with E-state index in [1.165, 1.54) is 5.56 Å². The molecule has 4 nitrogen and oxygen atoms in total. The molecule has 0 spiro atoms. The Hall–Kier alpha value is -1.49. The van der Waals surface area contributed by atoms with Gasteiger partial charge >= 0.3 is 0 Å². The zero-order valence-corrected chi connectivity index (χ0v) is 12.8. The number of thioether (sulfide) groups is 1. The molecular weight excluding hydrogens is 270 g/mol. The van der Waals surface area contributed by atoms with Gasteiger partial charge in [0.1, 0.15) is 6.54 Å². The molecule has 108 valence electrons. The summed E-state index contributed by atoms with van der Waals surface area (Å²) in [5.74, 6) is 1.07. The van der Waals surface area contributed by atoms with Crippen LogP contribution in [0.15, 0.2) is 35.3 Å². The van der Waals surface area contributed by atoms with Crippen LogP contribution < -0.4 is 5.32 Å². The fourth-order valence-corrected chi connectivity index (χ4v) is 2.94. The molecule has 1 aromatic carbocycles. The zero-order valence-electron chi connectivity index (χ0n) is 12.0. The van der Waals surface area contributed by atoms with E-state index in [4.69, 9.17) is 0 Å². The molecule has 1 saturated heterocycles. The number of rotatable bonds is 5. The van der Waals surface area contributed by atoms with Crippen molar-refractivity contribution >= 4 is 22.8 Å². The van der Waals surface area contributed by atoms with E-state index in [1.807, 2.05) is 13.0 Å². The normalized spacial score (nSPS) is 19.9. The minimum atomic E-state index is 0.0638. The van der Waals surface area contributed by atoms with Crippen molar-refractivity contribution in [2.24, 2.45) is 4.99 Å². The predicted octanol–water partition coefficient (Wildman–Crippen LogP) is 1.77. The van der Waals surface area contributed by atoms with E-state index in [9.17, 15) is 4.79 Å². The van der Waals surface area contributed by atoms with Crippen molar-refractivity contribution < 1.29 is 4.79 Å². The Morgan fingerprint density at radius 2 is 2.20 bits per heavy atom. The van der Waals surface area contributed by atoms with Gasteiger partial charge in [-0.3, -0.25) is 9.79 Å². The van der Waals surface area contributed by atoms with Crippen molar-refractivity contribution in [2.45, 2.75) is 19.4 Å². The van der Waals surface area contributed by atoms with Gasteiger partial charge in [0.2, 0.25) is 5.91 Å². The average Bonchev–Trinajstić information content (AvgIpc) is 2.92. The number of benzene rings is 1. The lowest BCUT2D eigenvalue weighted by molar-refractivity contribution is -0.128. The van der Waals surface area contributed by atoms with Gasteiger partial charge in [0.25, 0.3) is 0 Å². The number of hydrogen-bond donors (Lipinski definition) is 1. The van der Waals surface area contributed by atoms with E-state index in [0.717, 1.165) is 23.9 Å². The van der Waals surface area contributed by atoms with Gasteiger partial charge in [-0.05, 0) is 18.9 Å². The summed E-state index contributed by atoms with van der Waals surface area (Å²) in [7, 11) is 1.80. The van der Waals surface area contributed by atoms with Gasteiger partial charge in [0.05, 0.1) is 0 Å². The lowest BCUT2D eigenvalue weighted by Crippen LogP contribution is -2.31.